The maximum Gasteiger partial charge on any atom is 0.326 e. The van der Waals surface area contributed by atoms with E-state index in [1.807, 2.05) is 0 Å². The molecule has 14 amide bonds. The highest BCUT2D eigenvalue weighted by Gasteiger charge is 2.42. The average Bonchev–Trinajstić information content (AvgIpc) is 1.66. The molecule has 96 heavy (non-hydrogen) atoms. The Morgan fingerprint density at radius 1 is 0.458 bits per heavy atom. The van der Waals surface area contributed by atoms with Gasteiger partial charge in [-0.25, -0.2) is 4.79 Å². The predicted octanol–water partition coefficient (Wildman–Crippen LogP) is -6.56. The number of nitrogens with two attached hydrogens (primary N) is 5. The van der Waals surface area contributed by atoms with E-state index in [-0.39, 0.29) is 109 Å². The molecule has 36 nitrogen and oxygen atoms in total. The van der Waals surface area contributed by atoms with Crippen LogP contribution < -0.4 is 92.5 Å². The van der Waals surface area contributed by atoms with E-state index in [2.05, 4.69) is 63.8 Å². The van der Waals surface area contributed by atoms with Gasteiger partial charge in [0.05, 0.1) is 6.04 Å². The van der Waals surface area contributed by atoms with E-state index >= 15 is 0 Å². The molecule has 0 spiro atoms. The number of amides is 14. The number of hydrogen-bond acceptors (Lipinski definition) is 19. The second-order valence-corrected chi connectivity index (χ2v) is 24.9. The molecule has 540 valence electrons. The molecule has 3 fully saturated rings. The largest absolute Gasteiger partial charge is 0.480 e. The second kappa shape index (κ2) is 41.2. The molecule has 0 unspecified atom stereocenters. The van der Waals surface area contributed by atoms with E-state index in [0.717, 1.165) is 6.42 Å². The lowest BCUT2D eigenvalue weighted by Crippen LogP contribution is -2.60. The summed E-state index contributed by atoms with van der Waals surface area (Å²) in [5.41, 5.74) is 27.6. The summed E-state index contributed by atoms with van der Waals surface area (Å²) in [5.74, 6) is -13.0. The number of rotatable bonds is 42. The summed E-state index contributed by atoms with van der Waals surface area (Å²) in [5, 5.41) is 48.5. The maximum atomic E-state index is 14.6. The first-order valence-corrected chi connectivity index (χ1v) is 33.0. The maximum absolute atomic E-state index is 14.6. The number of nitrogens with zero attached hydrogens (tertiary/aromatic N) is 2. The Labute approximate surface area is 558 Å². The highest BCUT2D eigenvalue weighted by Crippen LogP contribution is 2.22. The fourth-order valence-electron chi connectivity index (χ4n) is 11.1. The van der Waals surface area contributed by atoms with E-state index in [1.165, 1.54) is 37.5 Å². The number of carbonyl (C=O) groups excluding carboxylic acids is 14. The number of guanidine groups is 1. The van der Waals surface area contributed by atoms with Crippen LogP contribution in [0.2, 0.25) is 0 Å². The molecular formula is C60H104N20O16. The van der Waals surface area contributed by atoms with Gasteiger partial charge in [-0.1, -0.05) is 13.8 Å². The summed E-state index contributed by atoms with van der Waals surface area (Å²) in [4.78, 5) is 203. The van der Waals surface area contributed by atoms with E-state index in [0.29, 0.717) is 51.5 Å². The number of carboxylic acid groups (broad SMARTS) is 1. The van der Waals surface area contributed by atoms with Crippen LogP contribution in [0.15, 0.2) is 0 Å². The summed E-state index contributed by atoms with van der Waals surface area (Å²) in [6.07, 6.45) is 2.83. The molecule has 13 atom stereocenters. The van der Waals surface area contributed by atoms with Gasteiger partial charge in [-0.15, -0.1) is 0 Å². The molecule has 24 N–H and O–H groups in total. The quantitative estimate of drug-likeness (QED) is 0.0153. The van der Waals surface area contributed by atoms with Crippen LogP contribution in [0.25, 0.3) is 0 Å². The minimum Gasteiger partial charge on any atom is -0.480 e. The fourth-order valence-corrected chi connectivity index (χ4v) is 11.1. The molecule has 0 saturated carbocycles. The van der Waals surface area contributed by atoms with Crippen LogP contribution in [-0.4, -0.2) is 227 Å². The van der Waals surface area contributed by atoms with Gasteiger partial charge in [0.15, 0.2) is 5.96 Å². The second-order valence-electron chi connectivity index (χ2n) is 24.9. The van der Waals surface area contributed by atoms with Gasteiger partial charge in [0, 0.05) is 32.5 Å². The third kappa shape index (κ3) is 27.1. The van der Waals surface area contributed by atoms with Gasteiger partial charge >= 0.3 is 5.97 Å². The number of unbranched alkanes of at least 4 members (excludes halogenated alkanes) is 2. The number of aliphatic carboxylic acids is 1. The van der Waals surface area contributed by atoms with Gasteiger partial charge < -0.3 is 107 Å². The van der Waals surface area contributed by atoms with Crippen molar-refractivity contribution in [2.45, 2.75) is 236 Å². The third-order valence-corrected chi connectivity index (χ3v) is 16.7. The normalized spacial score (nSPS) is 19.0. The average molecular weight is 1360 g/mol. The Morgan fingerprint density at radius 3 is 1.38 bits per heavy atom. The first-order valence-electron chi connectivity index (χ1n) is 33.0. The minimum absolute atomic E-state index is 0.000757. The van der Waals surface area contributed by atoms with Gasteiger partial charge in [0.1, 0.15) is 72.5 Å². The lowest BCUT2D eigenvalue weighted by Gasteiger charge is -2.31. The van der Waals surface area contributed by atoms with Crippen molar-refractivity contribution >= 4 is 94.6 Å². The summed E-state index contributed by atoms with van der Waals surface area (Å²) >= 11 is 0. The zero-order chi connectivity index (χ0) is 71.9. The Bertz CT molecular complexity index is 2750. The topological polar surface area (TPSA) is 581 Å². The molecule has 3 aliphatic heterocycles. The van der Waals surface area contributed by atoms with Crippen molar-refractivity contribution in [2.75, 3.05) is 39.3 Å². The molecule has 3 rings (SSSR count). The van der Waals surface area contributed by atoms with Gasteiger partial charge in [-0.3, -0.25) is 72.5 Å². The fraction of sp³-hybridized carbons (Fsp3) is 0.733. The van der Waals surface area contributed by atoms with Crippen molar-refractivity contribution in [3.8, 4) is 0 Å². The molecule has 0 aliphatic carbocycles. The van der Waals surface area contributed by atoms with Crippen molar-refractivity contribution in [1.82, 2.24) is 73.6 Å². The molecule has 0 aromatic rings. The molecule has 3 aliphatic rings. The van der Waals surface area contributed by atoms with Crippen molar-refractivity contribution in [1.29, 1.82) is 5.41 Å². The van der Waals surface area contributed by atoms with Crippen LogP contribution in [-0.2, 0) is 71.9 Å². The summed E-state index contributed by atoms with van der Waals surface area (Å²) in [6, 6.07) is -15.8. The third-order valence-electron chi connectivity index (χ3n) is 16.7. The zero-order valence-corrected chi connectivity index (χ0v) is 55.9. The number of carboxylic acids is 1. The highest BCUT2D eigenvalue weighted by atomic mass is 16.4. The number of likely N-dealkylation sites (tertiary alicyclic amines) is 2. The molecule has 0 bridgehead atoms. The first-order chi connectivity index (χ1) is 45.3. The predicted molar refractivity (Wildman–Crippen MR) is 347 cm³/mol. The Balaban J connectivity index is 1.79. The number of hydrogen-bond donors (Lipinski definition) is 19. The number of carbonyl (C=O) groups is 15. The summed E-state index contributed by atoms with van der Waals surface area (Å²) in [6.45, 7) is 10.0. The molecule has 36 heteroatoms. The van der Waals surface area contributed by atoms with Crippen LogP contribution in [0.4, 0.5) is 0 Å². The van der Waals surface area contributed by atoms with E-state index < -0.39 is 167 Å². The minimum atomic E-state index is -1.49. The highest BCUT2D eigenvalue weighted by molar-refractivity contribution is 6.00. The van der Waals surface area contributed by atoms with Crippen molar-refractivity contribution in [3.05, 3.63) is 0 Å². The molecule has 0 aromatic carbocycles. The zero-order valence-electron chi connectivity index (χ0n) is 55.9. The Kier molecular flexibility index (Phi) is 35.0. The number of primary amides is 2. The molecule has 0 aromatic heterocycles. The molecule has 3 saturated heterocycles. The summed E-state index contributed by atoms with van der Waals surface area (Å²) < 4.78 is 0. The molecule has 0 radical (unpaired) electrons. The van der Waals surface area contributed by atoms with E-state index in [9.17, 15) is 77.0 Å². The Hall–Kier alpha value is -8.80. The van der Waals surface area contributed by atoms with Crippen LogP contribution in [0.3, 0.4) is 0 Å². The van der Waals surface area contributed by atoms with Gasteiger partial charge in [-0.05, 0) is 156 Å². The van der Waals surface area contributed by atoms with Gasteiger partial charge in [0.25, 0.3) is 0 Å². The van der Waals surface area contributed by atoms with Crippen LogP contribution in [0, 0.1) is 11.3 Å². The molecule has 3 heterocycles. The van der Waals surface area contributed by atoms with Crippen molar-refractivity contribution in [3.63, 3.8) is 0 Å². The van der Waals surface area contributed by atoms with Crippen molar-refractivity contribution in [2.24, 2.45) is 34.6 Å². The van der Waals surface area contributed by atoms with Crippen molar-refractivity contribution < 1.29 is 77.0 Å². The summed E-state index contributed by atoms with van der Waals surface area (Å²) in [7, 11) is 0. The van der Waals surface area contributed by atoms with E-state index in [1.54, 1.807) is 13.8 Å². The van der Waals surface area contributed by atoms with Crippen LogP contribution in [0.5, 0.6) is 0 Å². The van der Waals surface area contributed by atoms with Crippen LogP contribution in [0.1, 0.15) is 157 Å². The lowest BCUT2D eigenvalue weighted by atomic mass is 10.0. The Morgan fingerprint density at radius 2 is 0.885 bits per heavy atom. The molecular weight excluding hydrogens is 1260 g/mol. The van der Waals surface area contributed by atoms with Crippen LogP contribution >= 0.6 is 0 Å². The standard InChI is InChI=1S/C60H104N20O16/c1-31(2)46(56(92)71-32(3)47(83)69-33(4)49(85)77-41(59(95)96)22-24-45(64)82)78-53(89)37(15-7-9-25-61)73-52(88)38(18-12-28-68-60(65)66)74-55(91)43-20-14-30-80(43)58(94)40(16-8-10-26-62)76-48(84)34(5)70-51(87)39(21-23-44(63)81)75-54(90)42-19-13-29-79(42)57(93)35(6)72-50(86)36-17-11-27-67-36/h31-43,46,67H,7-30,61-62H2,1-6H3,(H2,63,81)(H2,64,82)(H,69,83)(H,70,87)(H,71,92)(H,72,86)(H,73,88)(H,74,91)(H,75,90)(H,76,84)(H,77,85)(H,78,89)(H,95,96)(H4,65,66,68)/t32-,33-,34-,35-,36-,37-,38-,39-,40-,41-,42-,43-,46-/m0/s1. The van der Waals surface area contributed by atoms with Gasteiger partial charge in [0.2, 0.25) is 82.7 Å². The van der Waals surface area contributed by atoms with Gasteiger partial charge in [-0.2, -0.15) is 0 Å². The SMILES string of the molecule is CC(C)[C@H](NC(=O)[C@H](CCCCN)NC(=O)[C@H](CCCNC(=N)N)NC(=O)[C@@H]1CCCN1C(=O)[C@H](CCCCN)NC(=O)[C@H](C)NC(=O)[C@H](CCC(N)=O)NC(=O)[C@@H]1CCCN1C(=O)[C@H](C)NC(=O)[C@@H]1CCCN1)C(=O)N[C@@H](C)C(=O)N[C@@H](C)C(=O)N[C@@H](CCC(N)=O)C(=O)O. The first kappa shape index (κ1) is 81.4. The monoisotopic (exact) mass is 1360 g/mol. The number of nitrogens with one attached hydrogen (secondary N) is 13. The lowest BCUT2D eigenvalue weighted by molar-refractivity contribution is -0.143. The smallest absolute Gasteiger partial charge is 0.326 e. The van der Waals surface area contributed by atoms with E-state index in [4.69, 9.17) is 34.1 Å².